The van der Waals surface area contributed by atoms with Crippen LogP contribution >= 0.6 is 11.8 Å². The summed E-state index contributed by atoms with van der Waals surface area (Å²) in [7, 11) is -3.83. The summed E-state index contributed by atoms with van der Waals surface area (Å²) in [6, 6.07) is 4.36. The van der Waals surface area contributed by atoms with Gasteiger partial charge in [-0.15, -0.1) is 0 Å². The van der Waals surface area contributed by atoms with Crippen LogP contribution in [0.2, 0.25) is 0 Å². The Hall–Kier alpha value is -0.810. The molecule has 0 bridgehead atoms. The predicted octanol–water partition coefficient (Wildman–Crippen LogP) is 3.21. The largest absolute Gasteiger partial charge is 0.446 e. The zero-order valence-electron chi connectivity index (χ0n) is 13.2. The third-order valence-electron chi connectivity index (χ3n) is 4.12. The number of rotatable bonds is 4. The lowest BCUT2D eigenvalue weighted by atomic mass is 10.0. The minimum absolute atomic E-state index is 0.0241. The van der Waals surface area contributed by atoms with Crippen LogP contribution in [0.25, 0.3) is 0 Å². The molecule has 1 unspecified atom stereocenters. The summed E-state index contributed by atoms with van der Waals surface area (Å²) in [6.45, 7) is 1.20. The van der Waals surface area contributed by atoms with Gasteiger partial charge in [-0.25, -0.2) is 8.42 Å². The van der Waals surface area contributed by atoms with E-state index < -0.39 is 27.9 Å². The predicted molar refractivity (Wildman–Crippen MR) is 85.6 cm³/mol. The van der Waals surface area contributed by atoms with Crippen LogP contribution in [0, 0.1) is 0 Å². The monoisotopic (exact) mass is 397 g/mol. The molecule has 2 heterocycles. The molecule has 2 aliphatic heterocycles. The Morgan fingerprint density at radius 3 is 2.32 bits per heavy atom. The van der Waals surface area contributed by atoms with Crippen LogP contribution in [0.3, 0.4) is 0 Å². The number of nitrogens with zero attached hydrogens (tertiary/aromatic N) is 1. The highest BCUT2D eigenvalue weighted by Gasteiger charge is 2.40. The normalized spacial score (nSPS) is 23.9. The Morgan fingerprint density at radius 1 is 1.08 bits per heavy atom. The summed E-state index contributed by atoms with van der Waals surface area (Å²) in [5.41, 5.74) is -4.41. The van der Waals surface area contributed by atoms with Crippen molar-refractivity contribution >= 4 is 21.8 Å². The number of hydrogen-bond acceptors (Lipinski definition) is 5. The maximum atomic E-state index is 12.9. The Balaban J connectivity index is 1.81. The van der Waals surface area contributed by atoms with Gasteiger partial charge in [0.25, 0.3) is 0 Å². The Bertz CT molecular complexity index is 688. The van der Waals surface area contributed by atoms with Gasteiger partial charge >= 0.3 is 5.51 Å². The molecule has 2 saturated heterocycles. The first kappa shape index (κ1) is 19.0. The average molecular weight is 397 g/mol. The molecule has 0 saturated carbocycles. The summed E-state index contributed by atoms with van der Waals surface area (Å²) in [6.07, 6.45) is 1.65. The van der Waals surface area contributed by atoms with Crippen molar-refractivity contribution in [3.63, 3.8) is 0 Å². The van der Waals surface area contributed by atoms with Crippen LogP contribution in [-0.4, -0.2) is 50.3 Å². The highest BCUT2D eigenvalue weighted by molar-refractivity contribution is 8.00. The number of halogens is 3. The van der Waals surface area contributed by atoms with Crippen molar-refractivity contribution in [1.29, 1.82) is 0 Å². The molecule has 1 aromatic rings. The molecule has 3 rings (SSSR count). The van der Waals surface area contributed by atoms with Crippen molar-refractivity contribution in [2.45, 2.75) is 46.9 Å². The molecule has 2 aliphatic rings. The first-order valence-corrected chi connectivity index (χ1v) is 10.1. The van der Waals surface area contributed by atoms with E-state index in [0.29, 0.717) is 26.2 Å². The Kier molecular flexibility index (Phi) is 5.64. The van der Waals surface area contributed by atoms with E-state index in [9.17, 15) is 21.6 Å². The quantitative estimate of drug-likeness (QED) is 0.731. The molecule has 10 heteroatoms. The first-order chi connectivity index (χ1) is 11.8. The molecule has 2 fully saturated rings. The fourth-order valence-electron chi connectivity index (χ4n) is 3.05. The first-order valence-electron chi connectivity index (χ1n) is 7.88. The van der Waals surface area contributed by atoms with Crippen molar-refractivity contribution in [2.24, 2.45) is 0 Å². The van der Waals surface area contributed by atoms with Gasteiger partial charge in [0.2, 0.25) is 10.0 Å². The summed E-state index contributed by atoms with van der Waals surface area (Å²) >= 11 is -0.272. The molecular weight excluding hydrogens is 379 g/mol. The Labute approximate surface area is 148 Å². The second kappa shape index (κ2) is 7.43. The highest BCUT2D eigenvalue weighted by Crippen LogP contribution is 2.37. The molecule has 1 aromatic carbocycles. The zero-order chi connectivity index (χ0) is 18.1. The second-order valence-electron chi connectivity index (χ2n) is 5.81. The van der Waals surface area contributed by atoms with Crippen molar-refractivity contribution in [3.8, 4) is 0 Å². The lowest BCUT2D eigenvalue weighted by Crippen LogP contribution is -2.50. The van der Waals surface area contributed by atoms with Gasteiger partial charge in [0, 0.05) is 11.4 Å². The summed E-state index contributed by atoms with van der Waals surface area (Å²) in [4.78, 5) is -0.0759. The van der Waals surface area contributed by atoms with Crippen molar-refractivity contribution < 1.29 is 31.1 Å². The molecule has 140 valence electrons. The number of thioether (sulfide) groups is 1. The highest BCUT2D eigenvalue weighted by atomic mass is 32.2. The third kappa shape index (κ3) is 4.48. The summed E-state index contributed by atoms with van der Waals surface area (Å²) < 4.78 is 75.4. The molecule has 0 radical (unpaired) electrons. The van der Waals surface area contributed by atoms with E-state index in [1.165, 1.54) is 28.6 Å². The van der Waals surface area contributed by atoms with E-state index in [0.717, 1.165) is 12.8 Å². The van der Waals surface area contributed by atoms with Gasteiger partial charge in [-0.2, -0.15) is 17.5 Å². The molecule has 0 spiro atoms. The smallest absolute Gasteiger partial charge is 0.349 e. The molecule has 1 atom stereocenters. The van der Waals surface area contributed by atoms with Gasteiger partial charge in [0.15, 0.2) is 6.29 Å². The van der Waals surface area contributed by atoms with Crippen LogP contribution in [0.15, 0.2) is 34.1 Å². The third-order valence-corrected chi connectivity index (χ3v) is 6.80. The van der Waals surface area contributed by atoms with Gasteiger partial charge < -0.3 is 9.47 Å². The Morgan fingerprint density at radius 2 is 1.72 bits per heavy atom. The number of sulfonamides is 1. The number of ether oxygens (including phenoxy) is 2. The van der Waals surface area contributed by atoms with E-state index in [-0.39, 0.29) is 21.6 Å². The van der Waals surface area contributed by atoms with Crippen molar-refractivity contribution in [3.05, 3.63) is 24.3 Å². The SMILES string of the molecule is O=S(=O)(c1ccc(SC(F)(F)F)cc1)N1CCCCC1C1OCCO1. The van der Waals surface area contributed by atoms with E-state index in [2.05, 4.69) is 0 Å². The van der Waals surface area contributed by atoms with Crippen LogP contribution in [0.5, 0.6) is 0 Å². The standard InChI is InChI=1S/C15H18F3NO4S2/c16-15(17,18)24-11-4-6-12(7-5-11)25(20,21)19-8-2-1-3-13(19)14-22-9-10-23-14/h4-7,13-14H,1-3,8-10H2. The fraction of sp³-hybridized carbons (Fsp3) is 0.600. The second-order valence-corrected chi connectivity index (χ2v) is 8.84. The fourth-order valence-corrected chi connectivity index (χ4v) is 5.27. The van der Waals surface area contributed by atoms with Gasteiger partial charge in [0.05, 0.1) is 24.2 Å². The molecule has 0 N–H and O–H groups in total. The van der Waals surface area contributed by atoms with E-state index in [1.807, 2.05) is 0 Å². The molecule has 0 amide bonds. The maximum Gasteiger partial charge on any atom is 0.446 e. The molecule has 0 aromatic heterocycles. The van der Waals surface area contributed by atoms with Gasteiger partial charge in [-0.3, -0.25) is 0 Å². The maximum absolute atomic E-state index is 12.9. The van der Waals surface area contributed by atoms with Crippen LogP contribution in [-0.2, 0) is 19.5 Å². The van der Waals surface area contributed by atoms with Crippen molar-refractivity contribution in [2.75, 3.05) is 19.8 Å². The molecule has 0 aliphatic carbocycles. The van der Waals surface area contributed by atoms with Crippen LogP contribution < -0.4 is 0 Å². The van der Waals surface area contributed by atoms with E-state index in [1.54, 1.807) is 0 Å². The number of piperidine rings is 1. The molecule has 25 heavy (non-hydrogen) atoms. The number of alkyl halides is 3. The minimum atomic E-state index is -4.41. The van der Waals surface area contributed by atoms with Crippen molar-refractivity contribution in [1.82, 2.24) is 4.31 Å². The van der Waals surface area contributed by atoms with E-state index in [4.69, 9.17) is 9.47 Å². The minimum Gasteiger partial charge on any atom is -0.349 e. The number of benzene rings is 1. The van der Waals surface area contributed by atoms with E-state index >= 15 is 0 Å². The number of hydrogen-bond donors (Lipinski definition) is 0. The van der Waals surface area contributed by atoms with Crippen LogP contribution in [0.1, 0.15) is 19.3 Å². The van der Waals surface area contributed by atoms with Crippen LogP contribution in [0.4, 0.5) is 13.2 Å². The van der Waals surface area contributed by atoms with Gasteiger partial charge in [-0.05, 0) is 48.9 Å². The van der Waals surface area contributed by atoms with Gasteiger partial charge in [0.1, 0.15) is 0 Å². The average Bonchev–Trinajstić information content (AvgIpc) is 3.08. The molecular formula is C15H18F3NO4S2. The summed E-state index contributed by atoms with van der Waals surface area (Å²) in [5, 5.41) is 0. The molecule has 5 nitrogen and oxygen atoms in total. The summed E-state index contributed by atoms with van der Waals surface area (Å²) in [5.74, 6) is 0. The lowest BCUT2D eigenvalue weighted by Gasteiger charge is -2.36. The van der Waals surface area contributed by atoms with Gasteiger partial charge in [-0.1, -0.05) is 6.42 Å². The lowest BCUT2D eigenvalue weighted by molar-refractivity contribution is -0.0913. The topological polar surface area (TPSA) is 55.8 Å². The zero-order valence-corrected chi connectivity index (χ0v) is 14.9.